The van der Waals surface area contributed by atoms with Crippen LogP contribution in [-0.2, 0) is 11.3 Å². The number of carbonyl (C=O) groups excluding carboxylic acids is 1. The van der Waals surface area contributed by atoms with Crippen molar-refractivity contribution in [3.63, 3.8) is 0 Å². The molecule has 0 radical (unpaired) electrons. The van der Waals surface area contributed by atoms with Gasteiger partial charge >= 0.3 is 0 Å². The fraction of sp³-hybridized carbons (Fsp3) is 0.158. The van der Waals surface area contributed by atoms with E-state index >= 15 is 0 Å². The molecule has 2 aromatic carbocycles. The largest absolute Gasteiger partial charge is 0.451 e. The summed E-state index contributed by atoms with van der Waals surface area (Å²) >= 11 is 1.44. The highest BCUT2D eigenvalue weighted by atomic mass is 32.1. The van der Waals surface area contributed by atoms with Crippen LogP contribution in [0.2, 0.25) is 0 Å². The molecule has 6 heteroatoms. The molecule has 2 aromatic heterocycles. The number of methoxy groups -OCH3 is 1. The van der Waals surface area contributed by atoms with Crippen LogP contribution in [-0.4, -0.2) is 18.0 Å². The van der Waals surface area contributed by atoms with Crippen molar-refractivity contribution in [3.05, 3.63) is 59.4 Å². The van der Waals surface area contributed by atoms with Crippen molar-refractivity contribution in [1.82, 2.24) is 4.98 Å². The van der Waals surface area contributed by atoms with Crippen molar-refractivity contribution in [1.29, 1.82) is 0 Å². The minimum Gasteiger partial charge on any atom is -0.451 e. The number of thiazole rings is 1. The molecule has 0 unspecified atom stereocenters. The van der Waals surface area contributed by atoms with Gasteiger partial charge in [-0.15, -0.1) is 0 Å². The van der Waals surface area contributed by atoms with Gasteiger partial charge in [-0.3, -0.25) is 10.1 Å². The Balaban J connectivity index is 1.71. The van der Waals surface area contributed by atoms with Gasteiger partial charge in [0.2, 0.25) is 0 Å². The van der Waals surface area contributed by atoms with E-state index in [-0.39, 0.29) is 11.7 Å². The smallest absolute Gasteiger partial charge is 0.293 e. The number of benzene rings is 2. The summed E-state index contributed by atoms with van der Waals surface area (Å²) in [5.74, 6) is -0.0565. The second-order valence-corrected chi connectivity index (χ2v) is 6.76. The molecule has 5 nitrogen and oxygen atoms in total. The van der Waals surface area contributed by atoms with Gasteiger partial charge in [-0.05, 0) is 24.6 Å². The Kier molecular flexibility index (Phi) is 3.99. The van der Waals surface area contributed by atoms with Crippen LogP contribution in [0.5, 0.6) is 0 Å². The number of nitrogens with zero attached hydrogens (tertiary/aromatic N) is 1. The monoisotopic (exact) mass is 352 g/mol. The first kappa shape index (κ1) is 15.8. The molecule has 4 aromatic rings. The predicted octanol–water partition coefficient (Wildman–Crippen LogP) is 4.75. The number of aromatic nitrogens is 1. The summed E-state index contributed by atoms with van der Waals surface area (Å²) in [6.45, 7) is 2.31. The molecule has 0 saturated heterocycles. The third-order valence-corrected chi connectivity index (χ3v) is 4.97. The summed E-state index contributed by atoms with van der Waals surface area (Å²) in [7, 11) is 1.60. The number of para-hydroxylation sites is 2. The number of ether oxygens (including phenoxy) is 1. The van der Waals surface area contributed by atoms with Crippen molar-refractivity contribution in [3.8, 4) is 0 Å². The van der Waals surface area contributed by atoms with Crippen LogP contribution in [0.3, 0.4) is 0 Å². The summed E-state index contributed by atoms with van der Waals surface area (Å²) in [6.07, 6.45) is 0. The third-order valence-electron chi connectivity index (χ3n) is 4.03. The molecule has 0 aliphatic rings. The van der Waals surface area contributed by atoms with Gasteiger partial charge in [-0.25, -0.2) is 4.98 Å². The van der Waals surface area contributed by atoms with Gasteiger partial charge in [0.15, 0.2) is 10.9 Å². The maximum Gasteiger partial charge on any atom is 0.293 e. The van der Waals surface area contributed by atoms with E-state index in [1.54, 1.807) is 7.11 Å². The molecule has 0 bridgehead atoms. The van der Waals surface area contributed by atoms with Crippen LogP contribution in [0.1, 0.15) is 21.7 Å². The Morgan fingerprint density at radius 1 is 1.24 bits per heavy atom. The minimum absolute atomic E-state index is 0.263. The fourth-order valence-electron chi connectivity index (χ4n) is 2.86. The number of furan rings is 1. The molecule has 4 rings (SSSR count). The lowest BCUT2D eigenvalue weighted by Crippen LogP contribution is -2.13. The van der Waals surface area contributed by atoms with E-state index in [0.29, 0.717) is 17.3 Å². The average molecular weight is 352 g/mol. The zero-order chi connectivity index (χ0) is 17.4. The zero-order valence-electron chi connectivity index (χ0n) is 13.8. The third kappa shape index (κ3) is 2.79. The Hall–Kier alpha value is -2.70. The van der Waals surface area contributed by atoms with E-state index < -0.39 is 0 Å². The average Bonchev–Trinajstić information content (AvgIpc) is 3.18. The summed E-state index contributed by atoms with van der Waals surface area (Å²) in [6, 6.07) is 13.5. The highest BCUT2D eigenvalue weighted by molar-refractivity contribution is 7.22. The lowest BCUT2D eigenvalue weighted by molar-refractivity contribution is 0.0992. The van der Waals surface area contributed by atoms with Crippen molar-refractivity contribution in [2.45, 2.75) is 13.5 Å². The molecule has 0 fully saturated rings. The van der Waals surface area contributed by atoms with Gasteiger partial charge in [0.25, 0.3) is 5.91 Å². The zero-order valence-corrected chi connectivity index (χ0v) is 14.6. The molecule has 0 aliphatic heterocycles. The summed E-state index contributed by atoms with van der Waals surface area (Å²) in [5.41, 5.74) is 3.40. The van der Waals surface area contributed by atoms with E-state index in [1.165, 1.54) is 11.3 Å². The Labute approximate surface area is 148 Å². The van der Waals surface area contributed by atoms with Crippen LogP contribution < -0.4 is 5.32 Å². The fourth-order valence-corrected chi connectivity index (χ4v) is 3.80. The van der Waals surface area contributed by atoms with Gasteiger partial charge in [0.05, 0.1) is 16.8 Å². The molecule has 2 heterocycles. The number of anilines is 1. The van der Waals surface area contributed by atoms with Crippen molar-refractivity contribution < 1.29 is 13.9 Å². The maximum absolute atomic E-state index is 12.7. The molecule has 1 amide bonds. The van der Waals surface area contributed by atoms with E-state index in [1.807, 2.05) is 49.4 Å². The normalized spacial score (nSPS) is 11.3. The highest BCUT2D eigenvalue weighted by Crippen LogP contribution is 2.30. The highest BCUT2D eigenvalue weighted by Gasteiger charge is 2.21. The maximum atomic E-state index is 12.7. The van der Waals surface area contributed by atoms with Crippen LogP contribution in [0, 0.1) is 6.92 Å². The standard InChI is InChI=1S/C19H16N2O3S/c1-11-6-5-9-15-16(11)20-19(25-15)21-18(22)17-13(10-23-2)12-7-3-4-8-14(12)24-17/h3-9H,10H2,1-2H3,(H,20,21,22). The number of carbonyl (C=O) groups is 1. The van der Waals surface area contributed by atoms with Crippen LogP contribution in [0.25, 0.3) is 21.2 Å². The van der Waals surface area contributed by atoms with E-state index in [2.05, 4.69) is 10.3 Å². The Morgan fingerprint density at radius 2 is 2.08 bits per heavy atom. The van der Waals surface area contributed by atoms with Crippen molar-refractivity contribution in [2.24, 2.45) is 0 Å². The molecular formula is C19H16N2O3S. The second kappa shape index (κ2) is 6.31. The first-order chi connectivity index (χ1) is 12.2. The minimum atomic E-state index is -0.319. The number of aryl methyl sites for hydroxylation is 1. The van der Waals surface area contributed by atoms with E-state index in [4.69, 9.17) is 9.15 Å². The number of fused-ring (bicyclic) bond motifs is 2. The van der Waals surface area contributed by atoms with Gasteiger partial charge in [-0.2, -0.15) is 0 Å². The van der Waals surface area contributed by atoms with Crippen LogP contribution >= 0.6 is 11.3 Å². The first-order valence-corrected chi connectivity index (χ1v) is 8.66. The molecule has 126 valence electrons. The number of hydrogen-bond acceptors (Lipinski definition) is 5. The van der Waals surface area contributed by atoms with Crippen molar-refractivity contribution >= 4 is 43.6 Å². The quantitative estimate of drug-likeness (QED) is 0.576. The molecule has 0 atom stereocenters. The SMILES string of the molecule is COCc1c(C(=O)Nc2nc3c(C)cccc3s2)oc2ccccc12. The lowest BCUT2D eigenvalue weighted by atomic mass is 10.1. The lowest BCUT2D eigenvalue weighted by Gasteiger charge is -2.02. The van der Waals surface area contributed by atoms with Crippen LogP contribution in [0.15, 0.2) is 46.9 Å². The van der Waals surface area contributed by atoms with Gasteiger partial charge in [0, 0.05) is 18.1 Å². The molecule has 0 aliphatic carbocycles. The predicted molar refractivity (Wildman–Crippen MR) is 99.2 cm³/mol. The van der Waals surface area contributed by atoms with Gasteiger partial charge < -0.3 is 9.15 Å². The molecule has 0 saturated carbocycles. The summed E-state index contributed by atoms with van der Waals surface area (Å²) < 4.78 is 12.1. The number of rotatable bonds is 4. The van der Waals surface area contributed by atoms with Crippen LogP contribution in [0.4, 0.5) is 5.13 Å². The number of amides is 1. The molecular weight excluding hydrogens is 336 g/mol. The molecule has 1 N–H and O–H groups in total. The number of hydrogen-bond donors (Lipinski definition) is 1. The molecule has 0 spiro atoms. The summed E-state index contributed by atoms with van der Waals surface area (Å²) in [5, 5.41) is 4.29. The second-order valence-electron chi connectivity index (χ2n) is 5.73. The molecule has 25 heavy (non-hydrogen) atoms. The first-order valence-electron chi connectivity index (χ1n) is 7.84. The van der Waals surface area contributed by atoms with Crippen molar-refractivity contribution in [2.75, 3.05) is 12.4 Å². The van der Waals surface area contributed by atoms with Gasteiger partial charge in [0.1, 0.15) is 5.58 Å². The van der Waals surface area contributed by atoms with E-state index in [9.17, 15) is 4.79 Å². The van der Waals surface area contributed by atoms with Gasteiger partial charge in [-0.1, -0.05) is 41.7 Å². The Morgan fingerprint density at radius 3 is 2.88 bits per heavy atom. The van der Waals surface area contributed by atoms with E-state index in [0.717, 1.165) is 26.7 Å². The topological polar surface area (TPSA) is 64.4 Å². The summed E-state index contributed by atoms with van der Waals surface area (Å²) in [4.78, 5) is 17.3. The Bertz CT molecular complexity index is 1080. The number of nitrogens with one attached hydrogen (secondary N) is 1.